The number of rotatable bonds is 9. The Balaban J connectivity index is 2.26. The molecule has 1 amide bonds. The number of methoxy groups -OCH3 is 5. The molecule has 0 aromatic heterocycles. The predicted molar refractivity (Wildman–Crippen MR) is 120 cm³/mol. The van der Waals surface area contributed by atoms with Crippen molar-refractivity contribution in [3.05, 3.63) is 53.1 Å². The molecule has 2 aromatic carbocycles. The number of likely N-dealkylation sites (tertiary alicyclic amines) is 1. The van der Waals surface area contributed by atoms with Crippen LogP contribution >= 0.6 is 0 Å². The molecule has 3 rings (SSSR count). The lowest BCUT2D eigenvalue weighted by atomic mass is 9.94. The summed E-state index contributed by atoms with van der Waals surface area (Å²) in [5.74, 6) is -0.287. The molecule has 0 aliphatic carbocycles. The third kappa shape index (κ3) is 4.45. The molecule has 0 bridgehead atoms. The van der Waals surface area contributed by atoms with Gasteiger partial charge in [0.1, 0.15) is 11.5 Å². The number of benzene rings is 2. The first kappa shape index (κ1) is 23.9. The van der Waals surface area contributed by atoms with E-state index >= 15 is 0 Å². The van der Waals surface area contributed by atoms with Gasteiger partial charge in [0.25, 0.3) is 11.7 Å². The molecule has 1 N–H and O–H groups in total. The van der Waals surface area contributed by atoms with E-state index in [1.54, 1.807) is 36.4 Å². The summed E-state index contributed by atoms with van der Waals surface area (Å²) in [6.45, 7) is 0.338. The van der Waals surface area contributed by atoms with E-state index in [1.165, 1.54) is 40.4 Å². The molecule has 1 fully saturated rings. The van der Waals surface area contributed by atoms with Crippen molar-refractivity contribution in [2.24, 2.45) is 0 Å². The molecule has 9 heteroatoms. The molecule has 0 spiro atoms. The van der Waals surface area contributed by atoms with Gasteiger partial charge in [-0.05, 0) is 29.8 Å². The van der Waals surface area contributed by atoms with Crippen molar-refractivity contribution in [2.45, 2.75) is 6.04 Å². The maximum absolute atomic E-state index is 13.1. The summed E-state index contributed by atoms with van der Waals surface area (Å²) in [6.07, 6.45) is 0. The van der Waals surface area contributed by atoms with Gasteiger partial charge in [-0.15, -0.1) is 0 Å². The summed E-state index contributed by atoms with van der Waals surface area (Å²) in [5, 5.41) is 11.2. The Morgan fingerprint density at radius 1 is 0.939 bits per heavy atom. The first-order valence-corrected chi connectivity index (χ1v) is 10.1. The lowest BCUT2D eigenvalue weighted by Gasteiger charge is -2.26. The highest BCUT2D eigenvalue weighted by molar-refractivity contribution is 6.46. The number of amides is 1. The molecular formula is C24H27NO8. The van der Waals surface area contributed by atoms with Gasteiger partial charge in [-0.1, -0.05) is 12.1 Å². The van der Waals surface area contributed by atoms with E-state index in [0.717, 1.165) is 0 Å². The highest BCUT2D eigenvalue weighted by atomic mass is 16.5. The van der Waals surface area contributed by atoms with Crippen LogP contribution in [0.25, 0.3) is 5.76 Å². The quantitative estimate of drug-likeness (QED) is 0.348. The fraction of sp³-hybridized carbons (Fsp3) is 0.333. The van der Waals surface area contributed by atoms with E-state index in [2.05, 4.69) is 0 Å². The minimum Gasteiger partial charge on any atom is -0.507 e. The lowest BCUT2D eigenvalue weighted by Crippen LogP contribution is -2.32. The van der Waals surface area contributed by atoms with Crippen molar-refractivity contribution in [1.29, 1.82) is 0 Å². The minimum absolute atomic E-state index is 0.0568. The fourth-order valence-corrected chi connectivity index (χ4v) is 3.83. The molecule has 0 radical (unpaired) electrons. The number of carbonyl (C=O) groups excluding carboxylic acids is 2. The van der Waals surface area contributed by atoms with E-state index in [4.69, 9.17) is 23.7 Å². The standard InChI is InChI=1S/C24H27NO8/c1-29-10-9-25-20(15-12-17(31-3)23(33-5)18(13-15)32-4)19(22(27)24(25)28)21(26)14-7-6-8-16(11-14)30-2/h6-8,11-13,20,26H,9-10H2,1-5H3. The first-order valence-electron chi connectivity index (χ1n) is 10.1. The summed E-state index contributed by atoms with van der Waals surface area (Å²) >= 11 is 0. The Morgan fingerprint density at radius 2 is 1.61 bits per heavy atom. The van der Waals surface area contributed by atoms with E-state index in [1.807, 2.05) is 0 Å². The van der Waals surface area contributed by atoms with Crippen molar-refractivity contribution in [2.75, 3.05) is 48.7 Å². The fourth-order valence-electron chi connectivity index (χ4n) is 3.83. The summed E-state index contributed by atoms with van der Waals surface area (Å²) in [4.78, 5) is 27.4. The number of hydrogen-bond acceptors (Lipinski definition) is 8. The third-order valence-electron chi connectivity index (χ3n) is 5.42. The number of carbonyl (C=O) groups is 2. The second-order valence-electron chi connectivity index (χ2n) is 7.18. The monoisotopic (exact) mass is 457 g/mol. The smallest absolute Gasteiger partial charge is 0.295 e. The number of hydrogen-bond donors (Lipinski definition) is 1. The van der Waals surface area contributed by atoms with Gasteiger partial charge in [0.05, 0.1) is 46.7 Å². The SMILES string of the molecule is COCCN1C(=O)C(=O)C(=C(O)c2cccc(OC)c2)C1c1cc(OC)c(OC)c(OC)c1. The molecule has 2 aromatic rings. The van der Waals surface area contributed by atoms with Crippen LogP contribution in [0.3, 0.4) is 0 Å². The van der Waals surface area contributed by atoms with Crippen molar-refractivity contribution in [3.63, 3.8) is 0 Å². The van der Waals surface area contributed by atoms with E-state index in [0.29, 0.717) is 34.1 Å². The van der Waals surface area contributed by atoms with Crippen LogP contribution in [0.1, 0.15) is 17.2 Å². The number of nitrogens with zero attached hydrogens (tertiary/aromatic N) is 1. The number of aliphatic hydroxyl groups is 1. The van der Waals surface area contributed by atoms with Gasteiger partial charge >= 0.3 is 0 Å². The van der Waals surface area contributed by atoms with Crippen LogP contribution in [-0.4, -0.2) is 70.4 Å². The van der Waals surface area contributed by atoms with Crippen LogP contribution in [0.2, 0.25) is 0 Å². The third-order valence-corrected chi connectivity index (χ3v) is 5.42. The van der Waals surface area contributed by atoms with Gasteiger partial charge in [-0.3, -0.25) is 9.59 Å². The van der Waals surface area contributed by atoms with Crippen LogP contribution in [0.15, 0.2) is 42.0 Å². The van der Waals surface area contributed by atoms with Crippen LogP contribution in [-0.2, 0) is 14.3 Å². The van der Waals surface area contributed by atoms with Crippen LogP contribution in [0.4, 0.5) is 0 Å². The summed E-state index contributed by atoms with van der Waals surface area (Å²) < 4.78 is 26.6. The molecule has 33 heavy (non-hydrogen) atoms. The lowest BCUT2D eigenvalue weighted by molar-refractivity contribution is -0.140. The molecule has 1 aliphatic rings. The number of aliphatic hydroxyl groups excluding tert-OH is 1. The second kappa shape index (κ2) is 10.3. The minimum atomic E-state index is -0.903. The Morgan fingerprint density at radius 3 is 2.15 bits per heavy atom. The first-order chi connectivity index (χ1) is 15.9. The van der Waals surface area contributed by atoms with Gasteiger partial charge in [0.2, 0.25) is 5.75 Å². The Kier molecular flexibility index (Phi) is 7.44. The Bertz CT molecular complexity index is 1050. The molecule has 1 heterocycles. The van der Waals surface area contributed by atoms with Gasteiger partial charge in [-0.25, -0.2) is 0 Å². The highest BCUT2D eigenvalue weighted by Gasteiger charge is 2.46. The zero-order valence-electron chi connectivity index (χ0n) is 19.2. The van der Waals surface area contributed by atoms with Crippen molar-refractivity contribution < 1.29 is 38.4 Å². The summed E-state index contributed by atoms with van der Waals surface area (Å²) in [5.41, 5.74) is 0.791. The van der Waals surface area contributed by atoms with Gasteiger partial charge in [0, 0.05) is 19.2 Å². The predicted octanol–water partition coefficient (Wildman–Crippen LogP) is 2.79. The van der Waals surface area contributed by atoms with E-state index in [9.17, 15) is 14.7 Å². The molecule has 9 nitrogen and oxygen atoms in total. The Hall–Kier alpha value is -3.72. The topological polar surface area (TPSA) is 104 Å². The molecule has 1 unspecified atom stereocenters. The second-order valence-corrected chi connectivity index (χ2v) is 7.18. The zero-order chi connectivity index (χ0) is 24.1. The van der Waals surface area contributed by atoms with Crippen LogP contribution in [0.5, 0.6) is 23.0 Å². The largest absolute Gasteiger partial charge is 0.507 e. The molecule has 1 saturated heterocycles. The van der Waals surface area contributed by atoms with Crippen molar-refractivity contribution >= 4 is 17.4 Å². The normalized spacial score (nSPS) is 17.2. The number of Topliss-reactive ketones (excluding diaryl/α,β-unsaturated/α-hetero) is 1. The number of ether oxygens (including phenoxy) is 5. The van der Waals surface area contributed by atoms with Crippen molar-refractivity contribution in [1.82, 2.24) is 4.90 Å². The Labute approximate surface area is 192 Å². The van der Waals surface area contributed by atoms with E-state index in [-0.39, 0.29) is 24.5 Å². The molecular weight excluding hydrogens is 430 g/mol. The van der Waals surface area contributed by atoms with Gasteiger partial charge < -0.3 is 33.7 Å². The van der Waals surface area contributed by atoms with Gasteiger partial charge in [0.15, 0.2) is 11.5 Å². The molecule has 0 saturated carbocycles. The van der Waals surface area contributed by atoms with E-state index < -0.39 is 17.7 Å². The summed E-state index contributed by atoms with van der Waals surface area (Å²) in [7, 11) is 7.42. The van der Waals surface area contributed by atoms with Crippen molar-refractivity contribution in [3.8, 4) is 23.0 Å². The summed E-state index contributed by atoms with van der Waals surface area (Å²) in [6, 6.07) is 9.01. The van der Waals surface area contributed by atoms with Crippen LogP contribution < -0.4 is 18.9 Å². The highest BCUT2D eigenvalue weighted by Crippen LogP contribution is 2.45. The maximum Gasteiger partial charge on any atom is 0.295 e. The molecule has 1 aliphatic heterocycles. The zero-order valence-corrected chi connectivity index (χ0v) is 19.2. The average molecular weight is 457 g/mol. The maximum atomic E-state index is 13.1. The van der Waals surface area contributed by atoms with Crippen LogP contribution in [0, 0.1) is 0 Å². The number of ketones is 1. The molecule has 1 atom stereocenters. The average Bonchev–Trinajstić information content (AvgIpc) is 3.10. The molecule has 176 valence electrons. The van der Waals surface area contributed by atoms with Gasteiger partial charge in [-0.2, -0.15) is 0 Å².